The minimum atomic E-state index is -0.477. The molecular weight excluding hydrogens is 278 g/mol. The first-order chi connectivity index (χ1) is 9.60. The molecule has 0 radical (unpaired) electrons. The highest BCUT2D eigenvalue weighted by Crippen LogP contribution is 2.19. The summed E-state index contributed by atoms with van der Waals surface area (Å²) in [4.78, 5) is 29.0. The third-order valence-corrected chi connectivity index (χ3v) is 4.37. The van der Waals surface area contributed by atoms with Crippen molar-refractivity contribution in [3.05, 3.63) is 16.1 Å². The number of carbonyl (C=O) groups is 2. The van der Waals surface area contributed by atoms with E-state index < -0.39 is 6.03 Å². The molecule has 1 unspecified atom stereocenters. The lowest BCUT2D eigenvalue weighted by Crippen LogP contribution is -2.45. The molecule has 0 aromatic carbocycles. The number of amides is 2. The molecule has 2 amide bonds. The maximum Gasteiger partial charge on any atom is 0.314 e. The van der Waals surface area contributed by atoms with Crippen LogP contribution in [0.25, 0.3) is 0 Å². The number of hydrogen-bond acceptors (Lipinski definition) is 5. The number of carbonyl (C=O) groups excluding carboxylic acids is 2. The van der Waals surface area contributed by atoms with Crippen molar-refractivity contribution in [2.24, 2.45) is 11.7 Å². The fourth-order valence-electron chi connectivity index (χ4n) is 2.21. The Bertz CT molecular complexity index is 489. The van der Waals surface area contributed by atoms with Crippen LogP contribution in [0.4, 0.5) is 4.79 Å². The lowest BCUT2D eigenvalue weighted by Gasteiger charge is -2.30. The quantitative estimate of drug-likeness (QED) is 0.854. The molecule has 2 heterocycles. The van der Waals surface area contributed by atoms with Crippen LogP contribution in [0.2, 0.25) is 0 Å². The monoisotopic (exact) mass is 297 g/mol. The van der Waals surface area contributed by atoms with Gasteiger partial charge in [-0.05, 0) is 19.3 Å². The van der Waals surface area contributed by atoms with Crippen molar-refractivity contribution >= 4 is 23.3 Å². The number of rotatable bonds is 4. The summed E-state index contributed by atoms with van der Waals surface area (Å²) in [6, 6.07) is -0.477. The Labute approximate surface area is 121 Å². The first-order valence-electron chi connectivity index (χ1n) is 6.74. The van der Waals surface area contributed by atoms with Crippen LogP contribution in [0.3, 0.4) is 0 Å². The molecule has 0 spiro atoms. The molecule has 1 aromatic heterocycles. The molecule has 1 atom stereocenters. The van der Waals surface area contributed by atoms with Crippen LogP contribution in [0.5, 0.6) is 0 Å². The van der Waals surface area contributed by atoms with Crippen molar-refractivity contribution in [3.63, 3.8) is 0 Å². The zero-order valence-corrected chi connectivity index (χ0v) is 12.3. The first-order valence-corrected chi connectivity index (χ1v) is 7.62. The maximum atomic E-state index is 12.0. The van der Waals surface area contributed by atoms with Gasteiger partial charge in [0.15, 0.2) is 0 Å². The van der Waals surface area contributed by atoms with Crippen LogP contribution >= 0.6 is 11.3 Å². The van der Waals surface area contributed by atoms with Crippen LogP contribution in [0, 0.1) is 5.92 Å². The molecule has 1 saturated heterocycles. The summed E-state index contributed by atoms with van der Waals surface area (Å²) in [5.41, 5.74) is 6.02. The average molecular weight is 297 g/mol. The Morgan fingerprint density at radius 2 is 2.40 bits per heavy atom. The zero-order valence-electron chi connectivity index (χ0n) is 11.5. The van der Waals surface area contributed by atoms with Gasteiger partial charge in [-0.25, -0.2) is 9.78 Å². The molecule has 7 heteroatoms. The highest BCUT2D eigenvalue weighted by Gasteiger charge is 2.28. The number of likely N-dealkylation sites (tertiary alicyclic amines) is 1. The van der Waals surface area contributed by atoms with E-state index in [4.69, 9.17) is 10.5 Å². The van der Waals surface area contributed by atoms with Gasteiger partial charge in [0.1, 0.15) is 6.61 Å². The highest BCUT2D eigenvalue weighted by atomic mass is 32.1. The van der Waals surface area contributed by atoms with Crippen LogP contribution in [-0.4, -0.2) is 35.0 Å². The van der Waals surface area contributed by atoms with Crippen molar-refractivity contribution in [2.45, 2.75) is 32.8 Å². The van der Waals surface area contributed by atoms with E-state index in [2.05, 4.69) is 4.98 Å². The highest BCUT2D eigenvalue weighted by molar-refractivity contribution is 7.09. The minimum absolute atomic E-state index is 0.197. The number of aromatic nitrogens is 1. The predicted molar refractivity (Wildman–Crippen MR) is 75.2 cm³/mol. The van der Waals surface area contributed by atoms with E-state index in [9.17, 15) is 9.59 Å². The molecule has 2 rings (SSSR count). The Balaban J connectivity index is 1.83. The molecule has 20 heavy (non-hydrogen) atoms. The van der Waals surface area contributed by atoms with Crippen LogP contribution in [0.15, 0.2) is 5.38 Å². The predicted octanol–water partition coefficient (Wildman–Crippen LogP) is 1.54. The van der Waals surface area contributed by atoms with Gasteiger partial charge in [0, 0.05) is 18.5 Å². The third kappa shape index (κ3) is 3.69. The Hall–Kier alpha value is -1.63. The van der Waals surface area contributed by atoms with Crippen molar-refractivity contribution in [1.82, 2.24) is 9.88 Å². The van der Waals surface area contributed by atoms with Gasteiger partial charge in [-0.1, -0.05) is 6.92 Å². The second-order valence-corrected chi connectivity index (χ2v) is 5.76. The fourth-order valence-corrected chi connectivity index (χ4v) is 2.94. The number of nitrogens with zero attached hydrogens (tertiary/aromatic N) is 2. The van der Waals surface area contributed by atoms with Gasteiger partial charge in [0.2, 0.25) is 0 Å². The number of piperidine rings is 1. The van der Waals surface area contributed by atoms with E-state index in [1.807, 2.05) is 12.3 Å². The average Bonchev–Trinajstić information content (AvgIpc) is 2.93. The summed E-state index contributed by atoms with van der Waals surface area (Å²) >= 11 is 1.57. The molecule has 0 saturated carbocycles. The molecule has 0 aliphatic carbocycles. The molecule has 1 aliphatic rings. The fraction of sp³-hybridized carbons (Fsp3) is 0.615. The lowest BCUT2D eigenvalue weighted by atomic mass is 9.98. The van der Waals surface area contributed by atoms with Gasteiger partial charge in [0.25, 0.3) is 0 Å². The van der Waals surface area contributed by atoms with Gasteiger partial charge in [-0.2, -0.15) is 0 Å². The number of nitrogens with two attached hydrogens (primary N) is 1. The topological polar surface area (TPSA) is 85.5 Å². The zero-order chi connectivity index (χ0) is 14.5. The first kappa shape index (κ1) is 14.8. The Morgan fingerprint density at radius 3 is 3.05 bits per heavy atom. The van der Waals surface area contributed by atoms with E-state index >= 15 is 0 Å². The van der Waals surface area contributed by atoms with Crippen LogP contribution in [0.1, 0.15) is 30.5 Å². The van der Waals surface area contributed by atoms with E-state index in [0.29, 0.717) is 13.1 Å². The van der Waals surface area contributed by atoms with E-state index in [-0.39, 0.29) is 18.5 Å². The van der Waals surface area contributed by atoms with Gasteiger partial charge < -0.3 is 15.4 Å². The lowest BCUT2D eigenvalue weighted by molar-refractivity contribution is -0.151. The summed E-state index contributed by atoms with van der Waals surface area (Å²) in [6.45, 7) is 3.20. The Morgan fingerprint density at radius 1 is 1.60 bits per heavy atom. The molecule has 110 valence electrons. The molecular formula is C13H19N3O3S. The number of esters is 1. The number of primary amides is 1. The van der Waals surface area contributed by atoms with E-state index in [0.717, 1.165) is 30.0 Å². The number of hydrogen-bond donors (Lipinski definition) is 1. The van der Waals surface area contributed by atoms with Crippen LogP contribution in [-0.2, 0) is 22.6 Å². The SMILES string of the molecule is CCc1nc(COC(=O)C2CCCN(C(N)=O)C2)cs1. The van der Waals surface area contributed by atoms with Gasteiger partial charge >= 0.3 is 12.0 Å². The van der Waals surface area contributed by atoms with Crippen molar-refractivity contribution in [1.29, 1.82) is 0 Å². The molecule has 6 nitrogen and oxygen atoms in total. The minimum Gasteiger partial charge on any atom is -0.459 e. The number of aryl methyl sites for hydroxylation is 1. The molecule has 1 aliphatic heterocycles. The molecule has 2 N–H and O–H groups in total. The summed E-state index contributed by atoms with van der Waals surface area (Å²) < 4.78 is 5.28. The second kappa shape index (κ2) is 6.69. The smallest absolute Gasteiger partial charge is 0.314 e. The molecule has 1 fully saturated rings. The van der Waals surface area contributed by atoms with Crippen LogP contribution < -0.4 is 5.73 Å². The third-order valence-electron chi connectivity index (χ3n) is 3.33. The van der Waals surface area contributed by atoms with Gasteiger partial charge in [0.05, 0.1) is 16.6 Å². The number of ether oxygens (including phenoxy) is 1. The molecule has 0 bridgehead atoms. The summed E-state index contributed by atoms with van der Waals surface area (Å²) in [5, 5.41) is 2.94. The largest absolute Gasteiger partial charge is 0.459 e. The van der Waals surface area contributed by atoms with E-state index in [1.54, 1.807) is 11.3 Å². The summed E-state index contributed by atoms with van der Waals surface area (Å²) in [7, 11) is 0. The summed E-state index contributed by atoms with van der Waals surface area (Å²) in [6.07, 6.45) is 2.40. The van der Waals surface area contributed by atoms with Crippen molar-refractivity contribution in [2.75, 3.05) is 13.1 Å². The van der Waals surface area contributed by atoms with Crippen molar-refractivity contribution < 1.29 is 14.3 Å². The number of thiazole rings is 1. The van der Waals surface area contributed by atoms with Gasteiger partial charge in [-0.15, -0.1) is 11.3 Å². The number of urea groups is 1. The Kier molecular flexibility index (Phi) is 4.94. The maximum absolute atomic E-state index is 12.0. The standard InChI is InChI=1S/C13H19N3O3S/c1-2-11-15-10(8-20-11)7-19-12(17)9-4-3-5-16(6-9)13(14)18/h8-9H,2-7H2,1H3,(H2,14,18). The normalized spacial score (nSPS) is 18.9. The van der Waals surface area contributed by atoms with Gasteiger partial charge in [-0.3, -0.25) is 4.79 Å². The summed E-state index contributed by atoms with van der Waals surface area (Å²) in [5.74, 6) is -0.553. The molecule has 1 aromatic rings. The second-order valence-electron chi connectivity index (χ2n) is 4.82. The van der Waals surface area contributed by atoms with Crippen molar-refractivity contribution in [3.8, 4) is 0 Å². The van der Waals surface area contributed by atoms with E-state index in [1.165, 1.54) is 4.90 Å².